The molecule has 1 heterocycles. The molecular formula is C24H40N6O2S. The highest BCUT2D eigenvalue weighted by molar-refractivity contribution is 7.90. The Bertz CT molecular complexity index is 988. The molecule has 1 aliphatic carbocycles. The van der Waals surface area contributed by atoms with Crippen molar-refractivity contribution >= 4 is 32.7 Å². The number of aromatic nitrogens is 2. The fourth-order valence-electron chi connectivity index (χ4n) is 4.17. The second kappa shape index (κ2) is 11.9. The van der Waals surface area contributed by atoms with E-state index in [1.165, 1.54) is 0 Å². The van der Waals surface area contributed by atoms with E-state index in [0.29, 0.717) is 24.3 Å². The Morgan fingerprint density at radius 2 is 1.67 bits per heavy atom. The van der Waals surface area contributed by atoms with Crippen LogP contribution in [0.2, 0.25) is 0 Å². The van der Waals surface area contributed by atoms with Crippen LogP contribution in [-0.2, 0) is 10.0 Å². The molecule has 1 aromatic heterocycles. The number of benzene rings is 1. The second-order valence-corrected chi connectivity index (χ2v) is 12.0. The monoisotopic (exact) mass is 476 g/mol. The van der Waals surface area contributed by atoms with Crippen molar-refractivity contribution in [3.8, 4) is 0 Å². The van der Waals surface area contributed by atoms with Gasteiger partial charge in [0.05, 0.1) is 10.8 Å². The first-order valence-corrected chi connectivity index (χ1v) is 13.7. The van der Waals surface area contributed by atoms with E-state index in [1.54, 1.807) is 13.8 Å². The van der Waals surface area contributed by atoms with Crippen LogP contribution in [0.25, 0.3) is 10.9 Å². The lowest BCUT2D eigenvalue weighted by Gasteiger charge is -2.29. The third kappa shape index (κ3) is 7.79. The summed E-state index contributed by atoms with van der Waals surface area (Å²) in [6.45, 7) is 6.71. The number of nitrogens with zero attached hydrogens (tertiary/aromatic N) is 3. The van der Waals surface area contributed by atoms with Crippen LogP contribution in [0, 0.1) is 11.8 Å². The summed E-state index contributed by atoms with van der Waals surface area (Å²) in [5.74, 6) is 2.51. The number of sulfonamides is 1. The summed E-state index contributed by atoms with van der Waals surface area (Å²) in [5, 5.41) is 7.60. The van der Waals surface area contributed by atoms with Crippen molar-refractivity contribution in [1.29, 1.82) is 0 Å². The van der Waals surface area contributed by atoms with Crippen LogP contribution in [-0.4, -0.2) is 68.8 Å². The molecule has 0 aliphatic heterocycles. The molecule has 0 unspecified atom stereocenters. The van der Waals surface area contributed by atoms with Crippen LogP contribution < -0.4 is 15.4 Å². The Morgan fingerprint density at radius 3 is 2.33 bits per heavy atom. The molecule has 0 spiro atoms. The molecule has 1 saturated carbocycles. The minimum atomic E-state index is -3.18. The fourth-order valence-corrected chi connectivity index (χ4v) is 4.97. The molecule has 0 amide bonds. The Morgan fingerprint density at radius 1 is 1.00 bits per heavy atom. The fraction of sp³-hybridized carbons (Fsp3) is 0.667. The highest BCUT2D eigenvalue weighted by atomic mass is 32.2. The van der Waals surface area contributed by atoms with E-state index in [9.17, 15) is 8.42 Å². The first-order chi connectivity index (χ1) is 15.7. The van der Waals surface area contributed by atoms with Crippen LogP contribution in [0.15, 0.2) is 24.3 Å². The number of rotatable bonds is 12. The van der Waals surface area contributed by atoms with E-state index < -0.39 is 10.0 Å². The number of nitrogens with one attached hydrogen (secondary N) is 3. The Balaban J connectivity index is 1.52. The molecule has 33 heavy (non-hydrogen) atoms. The van der Waals surface area contributed by atoms with Gasteiger partial charge in [0.25, 0.3) is 0 Å². The standard InChI is InChI=1S/C24H40N6O2S/c1-18(2)33(31,32)27-17-20-12-10-19(11-13-20)16-26-24-28-22-9-6-5-8-21(22)23(29-24)25-14-7-15-30(3)4/h5-6,8-9,18-20,27H,7,10-17H2,1-4H3,(H2,25,26,28,29). The summed E-state index contributed by atoms with van der Waals surface area (Å²) in [7, 11) is 0.986. The lowest BCUT2D eigenvalue weighted by Crippen LogP contribution is -2.36. The summed E-state index contributed by atoms with van der Waals surface area (Å²) in [4.78, 5) is 11.7. The van der Waals surface area contributed by atoms with Crippen LogP contribution in [0.1, 0.15) is 46.0 Å². The summed E-state index contributed by atoms with van der Waals surface area (Å²) in [6, 6.07) is 8.10. The molecule has 184 valence electrons. The van der Waals surface area contributed by atoms with Gasteiger partial charge in [0.1, 0.15) is 5.82 Å². The topological polar surface area (TPSA) is 99.2 Å². The molecule has 0 atom stereocenters. The predicted octanol–water partition coefficient (Wildman–Crippen LogP) is 3.54. The zero-order valence-electron chi connectivity index (χ0n) is 20.5. The molecule has 2 aromatic rings. The maximum Gasteiger partial charge on any atom is 0.225 e. The maximum absolute atomic E-state index is 12.0. The van der Waals surface area contributed by atoms with E-state index in [4.69, 9.17) is 9.97 Å². The third-order valence-corrected chi connectivity index (χ3v) is 8.20. The Labute approximate surface area is 199 Å². The molecule has 1 aliphatic rings. The van der Waals surface area contributed by atoms with E-state index >= 15 is 0 Å². The zero-order chi connectivity index (χ0) is 23.8. The van der Waals surface area contributed by atoms with Gasteiger partial charge >= 0.3 is 0 Å². The van der Waals surface area contributed by atoms with Gasteiger partial charge in [-0.3, -0.25) is 0 Å². The van der Waals surface area contributed by atoms with Gasteiger partial charge in [-0.1, -0.05) is 12.1 Å². The number of hydrogen-bond acceptors (Lipinski definition) is 7. The molecule has 0 saturated heterocycles. The highest BCUT2D eigenvalue weighted by Crippen LogP contribution is 2.29. The molecule has 0 bridgehead atoms. The first kappa shape index (κ1) is 25.6. The summed E-state index contributed by atoms with van der Waals surface area (Å²) in [5.41, 5.74) is 0.936. The van der Waals surface area contributed by atoms with Gasteiger partial charge in [-0.2, -0.15) is 4.98 Å². The van der Waals surface area contributed by atoms with Crippen molar-refractivity contribution in [2.24, 2.45) is 11.8 Å². The van der Waals surface area contributed by atoms with Gasteiger partial charge < -0.3 is 15.5 Å². The van der Waals surface area contributed by atoms with Crippen LogP contribution in [0.3, 0.4) is 0 Å². The quantitative estimate of drug-likeness (QED) is 0.403. The van der Waals surface area contributed by atoms with E-state index in [-0.39, 0.29) is 5.25 Å². The zero-order valence-corrected chi connectivity index (χ0v) is 21.3. The van der Waals surface area contributed by atoms with Crippen LogP contribution in [0.5, 0.6) is 0 Å². The average Bonchev–Trinajstić information content (AvgIpc) is 2.79. The minimum Gasteiger partial charge on any atom is -0.369 e. The molecule has 1 aromatic carbocycles. The lowest BCUT2D eigenvalue weighted by atomic mass is 9.82. The maximum atomic E-state index is 12.0. The summed E-state index contributed by atoms with van der Waals surface area (Å²) >= 11 is 0. The van der Waals surface area contributed by atoms with Crippen LogP contribution in [0.4, 0.5) is 11.8 Å². The van der Waals surface area contributed by atoms with Gasteiger partial charge in [0.15, 0.2) is 0 Å². The summed E-state index contributed by atoms with van der Waals surface area (Å²) in [6.07, 6.45) is 5.31. The number of hydrogen-bond donors (Lipinski definition) is 3. The molecular weight excluding hydrogens is 436 g/mol. The normalized spacial score (nSPS) is 19.3. The minimum absolute atomic E-state index is 0.382. The second-order valence-electron chi connectivity index (χ2n) is 9.71. The van der Waals surface area contributed by atoms with Gasteiger partial charge in [0, 0.05) is 25.0 Å². The number of para-hydroxylation sites is 1. The van der Waals surface area contributed by atoms with Crippen molar-refractivity contribution in [1.82, 2.24) is 19.6 Å². The van der Waals surface area contributed by atoms with Crippen LogP contribution >= 0.6 is 0 Å². The van der Waals surface area contributed by atoms with Gasteiger partial charge in [-0.05, 0) is 90.6 Å². The average molecular weight is 477 g/mol. The van der Waals surface area contributed by atoms with Gasteiger partial charge in [-0.15, -0.1) is 0 Å². The molecule has 9 heteroatoms. The van der Waals surface area contributed by atoms with Crippen molar-refractivity contribution in [3.05, 3.63) is 24.3 Å². The van der Waals surface area contributed by atoms with E-state index in [1.807, 2.05) is 18.2 Å². The van der Waals surface area contributed by atoms with E-state index in [0.717, 1.165) is 68.5 Å². The van der Waals surface area contributed by atoms with Crippen molar-refractivity contribution in [2.75, 3.05) is 50.9 Å². The molecule has 0 radical (unpaired) electrons. The van der Waals surface area contributed by atoms with E-state index in [2.05, 4.69) is 40.4 Å². The highest BCUT2D eigenvalue weighted by Gasteiger charge is 2.24. The third-order valence-electron chi connectivity index (χ3n) is 6.39. The number of anilines is 2. The van der Waals surface area contributed by atoms with Crippen molar-refractivity contribution in [2.45, 2.75) is 51.2 Å². The summed E-state index contributed by atoms with van der Waals surface area (Å²) < 4.78 is 26.8. The largest absolute Gasteiger partial charge is 0.369 e. The Hall–Kier alpha value is -1.97. The predicted molar refractivity (Wildman–Crippen MR) is 137 cm³/mol. The van der Waals surface area contributed by atoms with Gasteiger partial charge in [-0.25, -0.2) is 18.1 Å². The van der Waals surface area contributed by atoms with Gasteiger partial charge in [0.2, 0.25) is 16.0 Å². The molecule has 3 rings (SSSR count). The molecule has 1 fully saturated rings. The first-order valence-electron chi connectivity index (χ1n) is 12.1. The molecule has 8 nitrogen and oxygen atoms in total. The van der Waals surface area contributed by atoms with Crippen molar-refractivity contribution < 1.29 is 8.42 Å². The molecule has 3 N–H and O–H groups in total. The lowest BCUT2D eigenvalue weighted by molar-refractivity contribution is 0.284. The smallest absolute Gasteiger partial charge is 0.225 e. The SMILES string of the molecule is CC(C)S(=O)(=O)NCC1CCC(CNc2nc(NCCCN(C)C)c3ccccc3n2)CC1. The van der Waals surface area contributed by atoms with Crippen molar-refractivity contribution in [3.63, 3.8) is 0 Å². The Kier molecular flexibility index (Phi) is 9.28. The number of fused-ring (bicyclic) bond motifs is 1.